The molecule has 9 heteroatoms. The number of carbonyl (C=O) groups is 1. The third-order valence-corrected chi connectivity index (χ3v) is 4.44. The number of aromatic nitrogens is 3. The van der Waals surface area contributed by atoms with E-state index < -0.39 is 5.97 Å². The number of ether oxygens (including phenoxy) is 3. The van der Waals surface area contributed by atoms with E-state index in [2.05, 4.69) is 15.4 Å². The van der Waals surface area contributed by atoms with Gasteiger partial charge < -0.3 is 14.2 Å². The lowest BCUT2D eigenvalue weighted by molar-refractivity contribution is 0.0520. The van der Waals surface area contributed by atoms with E-state index in [0.717, 1.165) is 5.56 Å². The molecular formula is C19H17Cl2N3O4. The minimum absolute atomic E-state index is 0.0597. The Kier molecular flexibility index (Phi) is 6.38. The second-order valence-electron chi connectivity index (χ2n) is 5.60. The van der Waals surface area contributed by atoms with Gasteiger partial charge in [-0.1, -0.05) is 35.3 Å². The van der Waals surface area contributed by atoms with Crippen LogP contribution in [0, 0.1) is 0 Å². The number of H-pyrrole nitrogens is 1. The molecule has 146 valence electrons. The lowest BCUT2D eigenvalue weighted by Gasteiger charge is -2.15. The monoisotopic (exact) mass is 421 g/mol. The Bertz CT molecular complexity index is 991. The normalized spacial score (nSPS) is 10.6. The predicted octanol–water partition coefficient (Wildman–Crippen LogP) is 4.54. The maximum absolute atomic E-state index is 12.2. The molecule has 1 heterocycles. The van der Waals surface area contributed by atoms with Crippen molar-refractivity contribution >= 4 is 29.2 Å². The molecule has 0 unspecified atom stereocenters. The summed E-state index contributed by atoms with van der Waals surface area (Å²) in [7, 11) is 1.52. The van der Waals surface area contributed by atoms with Crippen molar-refractivity contribution in [2.24, 2.45) is 0 Å². The Morgan fingerprint density at radius 1 is 1.18 bits per heavy atom. The zero-order valence-corrected chi connectivity index (χ0v) is 16.7. The summed E-state index contributed by atoms with van der Waals surface area (Å²) < 4.78 is 16.5. The first-order valence-electron chi connectivity index (χ1n) is 8.37. The highest BCUT2D eigenvalue weighted by atomic mass is 35.5. The van der Waals surface area contributed by atoms with Gasteiger partial charge >= 0.3 is 5.97 Å². The maximum Gasteiger partial charge on any atom is 0.361 e. The SMILES string of the molecule is CCOC(=O)c1n[nH]nc1-c1cccc(OC)c1OCc1ccc(Cl)cc1Cl. The number of hydrogen-bond donors (Lipinski definition) is 1. The average molecular weight is 422 g/mol. The van der Waals surface area contributed by atoms with E-state index in [1.807, 2.05) is 0 Å². The van der Waals surface area contributed by atoms with Gasteiger partial charge in [-0.15, -0.1) is 5.10 Å². The molecule has 0 fully saturated rings. The van der Waals surface area contributed by atoms with E-state index in [4.69, 9.17) is 37.4 Å². The summed E-state index contributed by atoms with van der Waals surface area (Å²) in [4.78, 5) is 12.2. The number of nitrogens with one attached hydrogen (secondary N) is 1. The van der Waals surface area contributed by atoms with Gasteiger partial charge in [-0.25, -0.2) is 4.79 Å². The molecule has 0 bridgehead atoms. The topological polar surface area (TPSA) is 86.3 Å². The van der Waals surface area contributed by atoms with Crippen LogP contribution in [-0.2, 0) is 11.3 Å². The molecule has 0 aliphatic heterocycles. The van der Waals surface area contributed by atoms with Gasteiger partial charge in [0.15, 0.2) is 17.2 Å². The number of nitrogens with zero attached hydrogens (tertiary/aromatic N) is 2. The summed E-state index contributed by atoms with van der Waals surface area (Å²) in [5, 5.41) is 11.5. The molecule has 1 aromatic heterocycles. The number of benzene rings is 2. The highest BCUT2D eigenvalue weighted by Gasteiger charge is 2.23. The molecule has 0 aliphatic rings. The Morgan fingerprint density at radius 2 is 2.00 bits per heavy atom. The highest BCUT2D eigenvalue weighted by Crippen LogP contribution is 2.39. The average Bonchev–Trinajstić information content (AvgIpc) is 3.17. The summed E-state index contributed by atoms with van der Waals surface area (Å²) in [5.41, 5.74) is 1.63. The van der Waals surface area contributed by atoms with E-state index in [-0.39, 0.29) is 18.9 Å². The molecule has 0 atom stereocenters. The van der Waals surface area contributed by atoms with Gasteiger partial charge in [-0.05, 0) is 31.2 Å². The fraction of sp³-hybridized carbons (Fsp3) is 0.211. The molecule has 2 aromatic carbocycles. The molecule has 28 heavy (non-hydrogen) atoms. The van der Waals surface area contributed by atoms with Crippen molar-refractivity contribution < 1.29 is 19.0 Å². The van der Waals surface area contributed by atoms with Crippen molar-refractivity contribution in [2.45, 2.75) is 13.5 Å². The summed E-state index contributed by atoms with van der Waals surface area (Å²) >= 11 is 12.2. The van der Waals surface area contributed by atoms with E-state index in [9.17, 15) is 4.79 Å². The first-order valence-corrected chi connectivity index (χ1v) is 9.12. The number of para-hydroxylation sites is 1. The number of esters is 1. The van der Waals surface area contributed by atoms with Gasteiger partial charge in [0, 0.05) is 15.6 Å². The van der Waals surface area contributed by atoms with Crippen molar-refractivity contribution in [2.75, 3.05) is 13.7 Å². The minimum Gasteiger partial charge on any atom is -0.493 e. The van der Waals surface area contributed by atoms with E-state index in [0.29, 0.717) is 32.8 Å². The maximum atomic E-state index is 12.2. The van der Waals surface area contributed by atoms with Crippen molar-refractivity contribution in [3.63, 3.8) is 0 Å². The second kappa shape index (κ2) is 8.95. The number of halogens is 2. The molecule has 0 spiro atoms. The summed E-state index contributed by atoms with van der Waals surface area (Å²) in [6.07, 6.45) is 0. The highest BCUT2D eigenvalue weighted by molar-refractivity contribution is 6.35. The van der Waals surface area contributed by atoms with Crippen molar-refractivity contribution in [3.05, 3.63) is 57.7 Å². The standard InChI is InChI=1S/C19H17Cl2N3O4/c1-3-27-19(25)17-16(22-24-23-17)13-5-4-6-15(26-2)18(13)28-10-11-7-8-12(20)9-14(11)21/h4-9H,3,10H2,1-2H3,(H,22,23,24). The van der Waals surface area contributed by atoms with Crippen LogP contribution in [0.15, 0.2) is 36.4 Å². The zero-order chi connectivity index (χ0) is 20.1. The Balaban J connectivity index is 1.98. The summed E-state index contributed by atoms with van der Waals surface area (Å²) in [5.74, 6) is 0.289. The number of aromatic amines is 1. The van der Waals surface area contributed by atoms with Gasteiger partial charge in [0.05, 0.1) is 19.3 Å². The Labute approximate surface area is 171 Å². The molecule has 7 nitrogen and oxygen atoms in total. The largest absolute Gasteiger partial charge is 0.493 e. The Morgan fingerprint density at radius 3 is 2.71 bits per heavy atom. The van der Waals surface area contributed by atoms with Crippen molar-refractivity contribution in [3.8, 4) is 22.8 Å². The predicted molar refractivity (Wildman–Crippen MR) is 105 cm³/mol. The van der Waals surface area contributed by atoms with Crippen LogP contribution < -0.4 is 9.47 Å². The third kappa shape index (κ3) is 4.21. The van der Waals surface area contributed by atoms with Crippen molar-refractivity contribution in [1.82, 2.24) is 15.4 Å². The minimum atomic E-state index is -0.583. The van der Waals surface area contributed by atoms with Crippen LogP contribution in [-0.4, -0.2) is 35.1 Å². The first-order chi connectivity index (χ1) is 13.5. The number of carbonyl (C=O) groups excluding carboxylic acids is 1. The van der Waals surface area contributed by atoms with Crippen LogP contribution in [0.3, 0.4) is 0 Å². The fourth-order valence-corrected chi connectivity index (χ4v) is 3.02. The van der Waals surface area contributed by atoms with E-state index in [1.165, 1.54) is 7.11 Å². The fourth-order valence-electron chi connectivity index (χ4n) is 2.56. The zero-order valence-electron chi connectivity index (χ0n) is 15.2. The molecule has 3 rings (SSSR count). The van der Waals surface area contributed by atoms with Gasteiger partial charge in [-0.2, -0.15) is 10.3 Å². The quantitative estimate of drug-likeness (QED) is 0.563. The smallest absolute Gasteiger partial charge is 0.361 e. The van der Waals surface area contributed by atoms with E-state index in [1.54, 1.807) is 43.3 Å². The number of methoxy groups -OCH3 is 1. The molecule has 0 saturated carbocycles. The van der Waals surface area contributed by atoms with Crippen molar-refractivity contribution in [1.29, 1.82) is 0 Å². The summed E-state index contributed by atoms with van der Waals surface area (Å²) in [6, 6.07) is 10.4. The van der Waals surface area contributed by atoms with Crippen LogP contribution in [0.2, 0.25) is 10.0 Å². The molecule has 3 aromatic rings. The third-order valence-electron chi connectivity index (χ3n) is 3.86. The molecule has 0 aliphatic carbocycles. The van der Waals surface area contributed by atoms with Gasteiger partial charge in [0.1, 0.15) is 12.3 Å². The van der Waals surface area contributed by atoms with Crippen LogP contribution in [0.5, 0.6) is 11.5 Å². The number of rotatable bonds is 7. The molecular weight excluding hydrogens is 405 g/mol. The molecule has 1 N–H and O–H groups in total. The van der Waals surface area contributed by atoms with Gasteiger partial charge in [0.2, 0.25) is 0 Å². The van der Waals surface area contributed by atoms with E-state index >= 15 is 0 Å². The molecule has 0 amide bonds. The van der Waals surface area contributed by atoms with Crippen LogP contribution in [0.4, 0.5) is 0 Å². The summed E-state index contributed by atoms with van der Waals surface area (Å²) in [6.45, 7) is 2.10. The van der Waals surface area contributed by atoms with Crippen LogP contribution in [0.25, 0.3) is 11.3 Å². The second-order valence-corrected chi connectivity index (χ2v) is 6.45. The molecule has 0 saturated heterocycles. The lowest BCUT2D eigenvalue weighted by Crippen LogP contribution is -2.07. The van der Waals surface area contributed by atoms with Crippen LogP contribution in [0.1, 0.15) is 23.0 Å². The lowest BCUT2D eigenvalue weighted by atomic mass is 10.1. The number of hydrogen-bond acceptors (Lipinski definition) is 6. The van der Waals surface area contributed by atoms with Gasteiger partial charge in [-0.3, -0.25) is 0 Å². The van der Waals surface area contributed by atoms with Crippen LogP contribution >= 0.6 is 23.2 Å². The van der Waals surface area contributed by atoms with Gasteiger partial charge in [0.25, 0.3) is 0 Å². The first kappa shape index (κ1) is 20.0. The molecule has 0 radical (unpaired) electrons. The Hall–Kier alpha value is -2.77.